The van der Waals surface area contributed by atoms with Crippen molar-refractivity contribution < 1.29 is 0 Å². The molecular formula is C17H26Si. The second-order valence-corrected chi connectivity index (χ2v) is 12.5. The maximum absolute atomic E-state index is 2.49. The van der Waals surface area contributed by atoms with E-state index in [1.807, 2.05) is 0 Å². The largest absolute Gasteiger partial charge is 0.0766 e. The van der Waals surface area contributed by atoms with Gasteiger partial charge in [0.25, 0.3) is 0 Å². The molecule has 1 aromatic carbocycles. The van der Waals surface area contributed by atoms with Crippen LogP contribution in [0.25, 0.3) is 5.57 Å². The average Bonchev–Trinajstić information content (AvgIpc) is 2.65. The molecule has 0 N–H and O–H groups in total. The van der Waals surface area contributed by atoms with Gasteiger partial charge in [0.05, 0.1) is 0 Å². The third-order valence-electron chi connectivity index (χ3n) is 4.41. The molecule has 0 spiro atoms. The van der Waals surface area contributed by atoms with Gasteiger partial charge in [0, 0.05) is 8.07 Å². The van der Waals surface area contributed by atoms with E-state index in [4.69, 9.17) is 0 Å². The van der Waals surface area contributed by atoms with Crippen LogP contribution in [0.5, 0.6) is 0 Å². The third kappa shape index (κ3) is 2.21. The molecule has 0 aliphatic heterocycles. The molecule has 1 aromatic rings. The highest BCUT2D eigenvalue weighted by Gasteiger charge is 2.25. The quantitative estimate of drug-likeness (QED) is 0.640. The molecule has 0 bridgehead atoms. The Morgan fingerprint density at radius 3 is 2.00 bits per heavy atom. The van der Waals surface area contributed by atoms with Crippen LogP contribution in [0.1, 0.15) is 33.4 Å². The van der Waals surface area contributed by atoms with E-state index < -0.39 is 8.07 Å². The predicted molar refractivity (Wildman–Crippen MR) is 85.2 cm³/mol. The second-order valence-electron chi connectivity index (χ2n) is 7.02. The van der Waals surface area contributed by atoms with Gasteiger partial charge in [-0.25, -0.2) is 0 Å². The van der Waals surface area contributed by atoms with Crippen molar-refractivity contribution in [3.8, 4) is 0 Å². The Morgan fingerprint density at radius 1 is 0.889 bits per heavy atom. The highest BCUT2D eigenvalue weighted by atomic mass is 28.3. The molecule has 1 aliphatic rings. The number of fused-ring (bicyclic) bond motifs is 1. The first-order valence-corrected chi connectivity index (χ1v) is 10.7. The molecule has 0 unspecified atom stereocenters. The summed E-state index contributed by atoms with van der Waals surface area (Å²) in [6, 6.07) is 1.32. The Morgan fingerprint density at radius 2 is 1.44 bits per heavy atom. The normalized spacial score (nSPS) is 14.7. The van der Waals surface area contributed by atoms with Gasteiger partial charge in [0.15, 0.2) is 0 Å². The highest BCUT2D eigenvalue weighted by Crippen LogP contribution is 2.40. The molecule has 0 radical (unpaired) electrons. The maximum Gasteiger partial charge on any atom is 0.0487 e. The minimum absolute atomic E-state index is 1.03. The summed E-state index contributed by atoms with van der Waals surface area (Å²) in [7, 11) is -1.03. The molecule has 0 amide bonds. The molecule has 1 aliphatic carbocycles. The maximum atomic E-state index is 2.49. The lowest BCUT2D eigenvalue weighted by atomic mass is 9.88. The fraction of sp³-hybridized carbons (Fsp3) is 0.529. The molecule has 0 nitrogen and oxygen atoms in total. The van der Waals surface area contributed by atoms with Gasteiger partial charge in [0.2, 0.25) is 0 Å². The summed E-state index contributed by atoms with van der Waals surface area (Å²) >= 11 is 0. The first-order chi connectivity index (χ1) is 8.22. The summed E-state index contributed by atoms with van der Waals surface area (Å²) in [6.07, 6.45) is 3.64. The fourth-order valence-electron chi connectivity index (χ4n) is 3.14. The van der Waals surface area contributed by atoms with Crippen molar-refractivity contribution in [2.75, 3.05) is 0 Å². The number of benzene rings is 1. The zero-order chi connectivity index (χ0) is 13.7. The first-order valence-electron chi connectivity index (χ1n) is 7.01. The standard InChI is InChI=1S/C17H26Si/c1-11-12(2)14(4)17-15(10-18(5,6)7)8-9-16(17)13(11)3/h8H,9-10H2,1-7H3. The van der Waals surface area contributed by atoms with Crippen LogP contribution >= 0.6 is 0 Å². The third-order valence-corrected chi connectivity index (χ3v) is 5.85. The van der Waals surface area contributed by atoms with E-state index >= 15 is 0 Å². The Balaban J connectivity index is 2.55. The van der Waals surface area contributed by atoms with Crippen molar-refractivity contribution in [1.82, 2.24) is 0 Å². The Hall–Kier alpha value is -0.823. The monoisotopic (exact) mass is 258 g/mol. The van der Waals surface area contributed by atoms with E-state index in [1.54, 1.807) is 16.7 Å². The lowest BCUT2D eigenvalue weighted by Crippen LogP contribution is -2.19. The van der Waals surface area contributed by atoms with Crippen LogP contribution in [0.15, 0.2) is 6.08 Å². The van der Waals surface area contributed by atoms with E-state index in [2.05, 4.69) is 53.4 Å². The van der Waals surface area contributed by atoms with Crippen LogP contribution in [-0.4, -0.2) is 8.07 Å². The SMILES string of the molecule is Cc1c(C)c(C)c2c(c1C)CC=C2C[Si](C)(C)C. The zero-order valence-corrected chi connectivity index (χ0v) is 14.0. The average molecular weight is 258 g/mol. The van der Waals surface area contributed by atoms with Gasteiger partial charge in [-0.2, -0.15) is 0 Å². The summed E-state index contributed by atoms with van der Waals surface area (Å²) < 4.78 is 0. The molecule has 0 atom stereocenters. The number of allylic oxidation sites excluding steroid dienone is 2. The van der Waals surface area contributed by atoms with Crippen LogP contribution in [0.3, 0.4) is 0 Å². The predicted octanol–water partition coefficient (Wildman–Crippen LogP) is 5.20. The molecular weight excluding hydrogens is 232 g/mol. The lowest BCUT2D eigenvalue weighted by molar-refractivity contribution is 1.14. The zero-order valence-electron chi connectivity index (χ0n) is 13.0. The Kier molecular flexibility index (Phi) is 3.31. The van der Waals surface area contributed by atoms with Crippen LogP contribution in [-0.2, 0) is 6.42 Å². The van der Waals surface area contributed by atoms with Gasteiger partial charge in [0.1, 0.15) is 0 Å². The van der Waals surface area contributed by atoms with Gasteiger partial charge < -0.3 is 0 Å². The van der Waals surface area contributed by atoms with Crippen molar-refractivity contribution in [3.05, 3.63) is 39.5 Å². The molecule has 0 aromatic heterocycles. The van der Waals surface area contributed by atoms with E-state index in [0.29, 0.717) is 0 Å². The van der Waals surface area contributed by atoms with Crippen molar-refractivity contribution in [3.63, 3.8) is 0 Å². The molecule has 0 heterocycles. The minimum Gasteiger partial charge on any atom is -0.0766 e. The summed E-state index contributed by atoms with van der Waals surface area (Å²) in [5.41, 5.74) is 10.9. The minimum atomic E-state index is -1.03. The molecule has 98 valence electrons. The van der Waals surface area contributed by atoms with Crippen molar-refractivity contribution >= 4 is 13.6 Å². The molecule has 2 rings (SSSR count). The van der Waals surface area contributed by atoms with Crippen LogP contribution < -0.4 is 0 Å². The first kappa shape index (κ1) is 13.6. The Bertz CT molecular complexity index is 528. The van der Waals surface area contributed by atoms with E-state index in [-0.39, 0.29) is 0 Å². The van der Waals surface area contributed by atoms with Crippen LogP contribution in [0, 0.1) is 27.7 Å². The number of hydrogen-bond donors (Lipinski definition) is 0. The van der Waals surface area contributed by atoms with Crippen LogP contribution in [0.4, 0.5) is 0 Å². The second kappa shape index (κ2) is 4.38. The van der Waals surface area contributed by atoms with Gasteiger partial charge in [-0.05, 0) is 79.1 Å². The van der Waals surface area contributed by atoms with E-state index in [0.717, 1.165) is 6.42 Å². The van der Waals surface area contributed by atoms with Gasteiger partial charge in [-0.1, -0.05) is 25.7 Å². The lowest BCUT2D eigenvalue weighted by Gasteiger charge is -2.21. The fourth-order valence-corrected chi connectivity index (χ4v) is 4.60. The summed E-state index contributed by atoms with van der Waals surface area (Å²) in [6.45, 7) is 16.6. The number of rotatable bonds is 2. The summed E-state index contributed by atoms with van der Waals surface area (Å²) in [4.78, 5) is 0. The molecule has 0 saturated carbocycles. The van der Waals surface area contributed by atoms with Crippen molar-refractivity contribution in [1.29, 1.82) is 0 Å². The van der Waals surface area contributed by atoms with Gasteiger partial charge in [-0.3, -0.25) is 0 Å². The van der Waals surface area contributed by atoms with Crippen molar-refractivity contribution in [2.24, 2.45) is 0 Å². The topological polar surface area (TPSA) is 0 Å². The Labute approximate surface area is 113 Å². The smallest absolute Gasteiger partial charge is 0.0487 e. The summed E-state index contributed by atoms with van der Waals surface area (Å²) in [5.74, 6) is 0. The molecule has 0 saturated heterocycles. The molecule has 18 heavy (non-hydrogen) atoms. The highest BCUT2D eigenvalue weighted by molar-refractivity contribution is 6.77. The van der Waals surface area contributed by atoms with E-state index in [9.17, 15) is 0 Å². The molecule has 0 fully saturated rings. The van der Waals surface area contributed by atoms with Crippen LogP contribution in [0.2, 0.25) is 25.7 Å². The molecule has 1 heteroatoms. The summed E-state index contributed by atoms with van der Waals surface area (Å²) in [5, 5.41) is 0. The van der Waals surface area contributed by atoms with E-state index in [1.165, 1.54) is 28.3 Å². The van der Waals surface area contributed by atoms with Gasteiger partial charge in [-0.15, -0.1) is 0 Å². The van der Waals surface area contributed by atoms with Gasteiger partial charge >= 0.3 is 0 Å². The van der Waals surface area contributed by atoms with Crippen molar-refractivity contribution in [2.45, 2.75) is 59.8 Å². The number of hydrogen-bond acceptors (Lipinski definition) is 0.